The van der Waals surface area contributed by atoms with E-state index in [0.29, 0.717) is 5.75 Å². The largest absolute Gasteiger partial charge is 0.497 e. The molecule has 20 heavy (non-hydrogen) atoms. The normalized spacial score (nSPS) is 10.7. The zero-order valence-electron chi connectivity index (χ0n) is 10.9. The minimum absolute atomic E-state index is 0.236. The van der Waals surface area contributed by atoms with E-state index in [9.17, 15) is 9.90 Å². The van der Waals surface area contributed by atoms with Gasteiger partial charge in [-0.1, -0.05) is 24.3 Å². The Kier molecular flexibility index (Phi) is 2.91. The third kappa shape index (κ3) is 1.91. The first-order valence-corrected chi connectivity index (χ1v) is 6.19. The van der Waals surface area contributed by atoms with Crippen LogP contribution in [0.1, 0.15) is 10.5 Å². The number of benzene rings is 2. The van der Waals surface area contributed by atoms with Crippen LogP contribution < -0.4 is 4.74 Å². The van der Waals surface area contributed by atoms with E-state index >= 15 is 0 Å². The number of fused-ring (bicyclic) bond motifs is 1. The molecule has 0 saturated heterocycles. The van der Waals surface area contributed by atoms with Gasteiger partial charge in [-0.3, -0.25) is 0 Å². The van der Waals surface area contributed by atoms with Crippen molar-refractivity contribution in [2.45, 2.75) is 0 Å². The van der Waals surface area contributed by atoms with Crippen LogP contribution >= 0.6 is 0 Å². The van der Waals surface area contributed by atoms with Crippen LogP contribution in [0.5, 0.6) is 5.75 Å². The Morgan fingerprint density at radius 2 is 1.90 bits per heavy atom. The fourth-order valence-electron chi connectivity index (χ4n) is 2.34. The second-order valence-electron chi connectivity index (χ2n) is 4.43. The van der Waals surface area contributed by atoms with E-state index in [-0.39, 0.29) is 5.69 Å². The van der Waals surface area contributed by atoms with Gasteiger partial charge in [0, 0.05) is 11.5 Å². The fraction of sp³-hybridized carbons (Fsp3) is 0.0625. The quantitative estimate of drug-likeness (QED) is 0.791. The van der Waals surface area contributed by atoms with E-state index in [1.54, 1.807) is 17.7 Å². The Labute approximate surface area is 115 Å². The number of carboxylic acid groups (broad SMARTS) is 1. The standard InChI is InChI=1S/C16H13NO3/c1-20-13-7-4-6-12(10-13)17-14-8-3-2-5-11(14)9-15(17)16(18)19/h2-10H,1H3,(H,18,19). The molecule has 1 N–H and O–H groups in total. The Bertz CT molecular complexity index is 789. The van der Waals surface area contributed by atoms with E-state index in [4.69, 9.17) is 4.74 Å². The highest BCUT2D eigenvalue weighted by atomic mass is 16.5. The summed E-state index contributed by atoms with van der Waals surface area (Å²) in [5.74, 6) is -0.263. The molecule has 0 radical (unpaired) electrons. The summed E-state index contributed by atoms with van der Waals surface area (Å²) in [6.45, 7) is 0. The van der Waals surface area contributed by atoms with E-state index in [0.717, 1.165) is 16.6 Å². The van der Waals surface area contributed by atoms with Crippen LogP contribution in [0.4, 0.5) is 0 Å². The molecule has 100 valence electrons. The van der Waals surface area contributed by atoms with Crippen LogP contribution in [0.15, 0.2) is 54.6 Å². The number of carbonyl (C=O) groups is 1. The third-order valence-electron chi connectivity index (χ3n) is 3.24. The van der Waals surface area contributed by atoms with Gasteiger partial charge in [-0.25, -0.2) is 4.79 Å². The van der Waals surface area contributed by atoms with Gasteiger partial charge in [-0.15, -0.1) is 0 Å². The Hall–Kier alpha value is -2.75. The maximum Gasteiger partial charge on any atom is 0.352 e. The molecule has 0 atom stereocenters. The summed E-state index contributed by atoms with van der Waals surface area (Å²) in [5, 5.41) is 10.3. The highest BCUT2D eigenvalue weighted by Gasteiger charge is 2.15. The van der Waals surface area contributed by atoms with Crippen molar-refractivity contribution in [1.29, 1.82) is 0 Å². The SMILES string of the molecule is COc1cccc(-n2c(C(=O)O)cc3ccccc32)c1. The second kappa shape index (κ2) is 4.74. The second-order valence-corrected chi connectivity index (χ2v) is 4.43. The Morgan fingerprint density at radius 3 is 2.65 bits per heavy atom. The first-order valence-electron chi connectivity index (χ1n) is 6.19. The molecule has 2 aromatic carbocycles. The van der Waals surface area contributed by atoms with E-state index in [2.05, 4.69) is 0 Å². The summed E-state index contributed by atoms with van der Waals surface area (Å²) < 4.78 is 6.93. The molecule has 1 heterocycles. The van der Waals surface area contributed by atoms with Gasteiger partial charge in [-0.2, -0.15) is 0 Å². The fourth-order valence-corrected chi connectivity index (χ4v) is 2.34. The monoisotopic (exact) mass is 267 g/mol. The van der Waals surface area contributed by atoms with Crippen molar-refractivity contribution < 1.29 is 14.6 Å². The van der Waals surface area contributed by atoms with Gasteiger partial charge in [0.05, 0.1) is 18.3 Å². The van der Waals surface area contributed by atoms with Crippen molar-refractivity contribution in [2.75, 3.05) is 7.11 Å². The highest BCUT2D eigenvalue weighted by Crippen LogP contribution is 2.26. The predicted molar refractivity (Wildman–Crippen MR) is 76.8 cm³/mol. The number of para-hydroxylation sites is 1. The molecule has 0 saturated carbocycles. The molecule has 0 unspecified atom stereocenters. The zero-order chi connectivity index (χ0) is 14.1. The molecule has 0 spiro atoms. The molecule has 4 heteroatoms. The van der Waals surface area contributed by atoms with Crippen LogP contribution in [0, 0.1) is 0 Å². The van der Waals surface area contributed by atoms with Crippen molar-refractivity contribution in [2.24, 2.45) is 0 Å². The van der Waals surface area contributed by atoms with E-state index in [1.807, 2.05) is 48.5 Å². The summed E-state index contributed by atoms with van der Waals surface area (Å²) in [5.41, 5.74) is 1.86. The Morgan fingerprint density at radius 1 is 1.10 bits per heavy atom. The zero-order valence-corrected chi connectivity index (χ0v) is 10.9. The topological polar surface area (TPSA) is 51.5 Å². The summed E-state index contributed by atoms with van der Waals surface area (Å²) in [7, 11) is 1.59. The maximum absolute atomic E-state index is 11.5. The molecule has 3 rings (SSSR count). The summed E-state index contributed by atoms with van der Waals surface area (Å²) in [6.07, 6.45) is 0. The first kappa shape index (κ1) is 12.3. The number of aromatic nitrogens is 1. The number of carboxylic acids is 1. The first-order chi connectivity index (χ1) is 9.70. The van der Waals surface area contributed by atoms with Crippen LogP contribution in [0.25, 0.3) is 16.6 Å². The number of aromatic carboxylic acids is 1. The maximum atomic E-state index is 11.5. The molecule has 0 fully saturated rings. The van der Waals surface area contributed by atoms with Crippen molar-refractivity contribution in [3.8, 4) is 11.4 Å². The van der Waals surface area contributed by atoms with E-state index < -0.39 is 5.97 Å². The summed E-state index contributed by atoms with van der Waals surface area (Å²) in [4.78, 5) is 11.5. The smallest absolute Gasteiger partial charge is 0.352 e. The van der Waals surface area contributed by atoms with Gasteiger partial charge >= 0.3 is 5.97 Å². The molecule has 4 nitrogen and oxygen atoms in total. The van der Waals surface area contributed by atoms with Crippen molar-refractivity contribution in [3.05, 3.63) is 60.3 Å². The molecular formula is C16H13NO3. The van der Waals surface area contributed by atoms with Gasteiger partial charge in [0.2, 0.25) is 0 Å². The molecule has 0 aliphatic rings. The van der Waals surface area contributed by atoms with Crippen molar-refractivity contribution >= 4 is 16.9 Å². The number of methoxy groups -OCH3 is 1. The highest BCUT2D eigenvalue weighted by molar-refractivity contribution is 5.96. The van der Waals surface area contributed by atoms with Crippen molar-refractivity contribution in [1.82, 2.24) is 4.57 Å². The molecule has 0 aliphatic heterocycles. The van der Waals surface area contributed by atoms with Gasteiger partial charge < -0.3 is 14.4 Å². The van der Waals surface area contributed by atoms with Crippen LogP contribution in [0.2, 0.25) is 0 Å². The molecule has 0 bridgehead atoms. The number of rotatable bonds is 3. The van der Waals surface area contributed by atoms with Gasteiger partial charge in [0.25, 0.3) is 0 Å². The number of hydrogen-bond acceptors (Lipinski definition) is 2. The average molecular weight is 267 g/mol. The lowest BCUT2D eigenvalue weighted by Gasteiger charge is -2.10. The number of ether oxygens (including phenoxy) is 1. The van der Waals surface area contributed by atoms with Gasteiger partial charge in [-0.05, 0) is 24.3 Å². The Balaban J connectivity index is 2.32. The third-order valence-corrected chi connectivity index (χ3v) is 3.24. The molecule has 0 amide bonds. The summed E-state index contributed by atoms with van der Waals surface area (Å²) >= 11 is 0. The lowest BCUT2D eigenvalue weighted by molar-refractivity contribution is 0.0688. The van der Waals surface area contributed by atoms with Crippen LogP contribution in [-0.4, -0.2) is 22.8 Å². The summed E-state index contributed by atoms with van der Waals surface area (Å²) in [6, 6.07) is 16.6. The average Bonchev–Trinajstić information content (AvgIpc) is 2.87. The molecule has 3 aromatic rings. The van der Waals surface area contributed by atoms with Gasteiger partial charge in [0.15, 0.2) is 0 Å². The molecular weight excluding hydrogens is 254 g/mol. The van der Waals surface area contributed by atoms with Gasteiger partial charge in [0.1, 0.15) is 11.4 Å². The van der Waals surface area contributed by atoms with E-state index in [1.165, 1.54) is 0 Å². The van der Waals surface area contributed by atoms with Crippen LogP contribution in [0.3, 0.4) is 0 Å². The lowest BCUT2D eigenvalue weighted by Crippen LogP contribution is -2.06. The predicted octanol–water partition coefficient (Wildman–Crippen LogP) is 3.34. The minimum atomic E-state index is -0.955. The number of hydrogen-bond donors (Lipinski definition) is 1. The minimum Gasteiger partial charge on any atom is -0.497 e. The molecule has 0 aliphatic carbocycles. The van der Waals surface area contributed by atoms with Crippen LogP contribution in [-0.2, 0) is 0 Å². The molecule has 1 aromatic heterocycles. The number of nitrogens with zero attached hydrogens (tertiary/aromatic N) is 1. The lowest BCUT2D eigenvalue weighted by atomic mass is 10.2. The van der Waals surface area contributed by atoms with Crippen molar-refractivity contribution in [3.63, 3.8) is 0 Å².